The van der Waals surface area contributed by atoms with E-state index in [9.17, 15) is 16.8 Å². The molecule has 0 aliphatic carbocycles. The molecule has 0 aliphatic heterocycles. The Balaban J connectivity index is 1.81. The van der Waals surface area contributed by atoms with Crippen LogP contribution in [-0.2, 0) is 19.7 Å². The van der Waals surface area contributed by atoms with Gasteiger partial charge in [0.25, 0.3) is 0 Å². The molecule has 8 heteroatoms. The van der Waals surface area contributed by atoms with Gasteiger partial charge in [0.2, 0.25) is 19.7 Å². The molecule has 152 valence electrons. The normalized spacial score (nSPS) is 12.2. The fourth-order valence-electron chi connectivity index (χ4n) is 3.12. The summed E-state index contributed by atoms with van der Waals surface area (Å²) >= 11 is 6.58. The van der Waals surface area contributed by atoms with Gasteiger partial charge in [-0.3, -0.25) is 0 Å². The highest BCUT2D eigenvalue weighted by atomic mass is 79.9. The van der Waals surface area contributed by atoms with Crippen molar-refractivity contribution in [3.05, 3.63) is 93.9 Å². The second-order valence-electron chi connectivity index (χ2n) is 6.54. The van der Waals surface area contributed by atoms with Crippen molar-refractivity contribution in [1.82, 2.24) is 0 Å². The van der Waals surface area contributed by atoms with Gasteiger partial charge in [-0.1, -0.05) is 36.4 Å². The van der Waals surface area contributed by atoms with Gasteiger partial charge in [0, 0.05) is 8.95 Å². The van der Waals surface area contributed by atoms with E-state index in [2.05, 4.69) is 31.9 Å². The molecule has 0 spiro atoms. The number of rotatable bonds is 4. The minimum absolute atomic E-state index is 0.142. The van der Waals surface area contributed by atoms with E-state index in [0.29, 0.717) is 19.7 Å². The predicted octanol–water partition coefficient (Wildman–Crippen LogP) is 6.03. The Kier molecular flexibility index (Phi) is 5.61. The molecule has 0 aromatic heterocycles. The SMILES string of the molecule is O=S(=O)(c1ccc2cc(S(=O)(=O)c3ccccc3Br)ccc2c1)c1ccccc1Br. The minimum Gasteiger partial charge on any atom is -0.218 e. The van der Waals surface area contributed by atoms with Crippen LogP contribution in [0, 0.1) is 0 Å². The zero-order valence-electron chi connectivity index (χ0n) is 15.3. The summed E-state index contributed by atoms with van der Waals surface area (Å²) in [6.07, 6.45) is 0. The van der Waals surface area contributed by atoms with Gasteiger partial charge in [-0.2, -0.15) is 0 Å². The van der Waals surface area contributed by atoms with Crippen LogP contribution < -0.4 is 0 Å². The fourth-order valence-corrected chi connectivity index (χ4v) is 7.70. The van der Waals surface area contributed by atoms with E-state index >= 15 is 0 Å². The van der Waals surface area contributed by atoms with Crippen molar-refractivity contribution in [3.63, 3.8) is 0 Å². The first-order chi connectivity index (χ1) is 14.2. The highest BCUT2D eigenvalue weighted by molar-refractivity contribution is 9.10. The number of halogens is 2. The van der Waals surface area contributed by atoms with Gasteiger partial charge < -0.3 is 0 Å². The zero-order chi connectivity index (χ0) is 21.5. The van der Waals surface area contributed by atoms with Crippen molar-refractivity contribution in [2.45, 2.75) is 19.6 Å². The number of fused-ring (bicyclic) bond motifs is 1. The van der Waals surface area contributed by atoms with Crippen LogP contribution in [0.1, 0.15) is 0 Å². The summed E-state index contributed by atoms with van der Waals surface area (Å²) < 4.78 is 53.0. The first-order valence-electron chi connectivity index (χ1n) is 8.74. The Bertz CT molecular complexity index is 1380. The molecule has 0 atom stereocenters. The molecule has 0 saturated heterocycles. The molecule has 0 bridgehead atoms. The molecule has 0 amide bonds. The summed E-state index contributed by atoms with van der Waals surface area (Å²) in [5.41, 5.74) is 0. The summed E-state index contributed by atoms with van der Waals surface area (Å²) in [5, 5.41) is 1.27. The number of benzene rings is 4. The van der Waals surface area contributed by atoms with E-state index in [0.717, 1.165) is 0 Å². The molecule has 0 N–H and O–H groups in total. The van der Waals surface area contributed by atoms with Crippen molar-refractivity contribution in [2.75, 3.05) is 0 Å². The van der Waals surface area contributed by atoms with Crippen molar-refractivity contribution in [3.8, 4) is 0 Å². The lowest BCUT2D eigenvalue weighted by Crippen LogP contribution is -2.04. The molecule has 0 aliphatic rings. The molecule has 0 unspecified atom stereocenters. The number of sulfone groups is 2. The highest BCUT2D eigenvalue weighted by Crippen LogP contribution is 2.32. The minimum atomic E-state index is -3.72. The monoisotopic (exact) mass is 564 g/mol. The molecule has 0 heterocycles. The molecule has 0 radical (unpaired) electrons. The van der Waals surface area contributed by atoms with Crippen molar-refractivity contribution in [1.29, 1.82) is 0 Å². The van der Waals surface area contributed by atoms with E-state index in [1.165, 1.54) is 24.3 Å². The maximum Gasteiger partial charge on any atom is 0.207 e. The quantitative estimate of drug-likeness (QED) is 0.303. The third-order valence-corrected chi connectivity index (χ3v) is 10.2. The van der Waals surface area contributed by atoms with E-state index in [1.54, 1.807) is 60.7 Å². The number of hydrogen-bond donors (Lipinski definition) is 0. The van der Waals surface area contributed by atoms with Gasteiger partial charge in [-0.05, 0) is 91.2 Å². The second-order valence-corrected chi connectivity index (χ2v) is 12.1. The van der Waals surface area contributed by atoms with Gasteiger partial charge in [-0.25, -0.2) is 16.8 Å². The van der Waals surface area contributed by atoms with Crippen LogP contribution in [0.25, 0.3) is 10.8 Å². The Hall–Kier alpha value is -2.00. The molecule has 0 saturated carbocycles. The molecule has 4 aromatic carbocycles. The van der Waals surface area contributed by atoms with E-state index in [1.807, 2.05) is 0 Å². The average molecular weight is 566 g/mol. The average Bonchev–Trinajstić information content (AvgIpc) is 2.73. The third-order valence-electron chi connectivity index (χ3n) is 4.66. The maximum atomic E-state index is 13.0. The first kappa shape index (κ1) is 21.2. The molecule has 4 rings (SSSR count). The van der Waals surface area contributed by atoms with Gasteiger partial charge in [-0.15, -0.1) is 0 Å². The zero-order valence-corrected chi connectivity index (χ0v) is 20.1. The van der Waals surface area contributed by atoms with Crippen molar-refractivity contribution < 1.29 is 16.8 Å². The van der Waals surface area contributed by atoms with Crippen LogP contribution in [-0.4, -0.2) is 16.8 Å². The molecule has 4 aromatic rings. The highest BCUT2D eigenvalue weighted by Gasteiger charge is 2.22. The second kappa shape index (κ2) is 7.92. The van der Waals surface area contributed by atoms with Crippen LogP contribution >= 0.6 is 31.9 Å². The largest absolute Gasteiger partial charge is 0.218 e. The number of hydrogen-bond acceptors (Lipinski definition) is 4. The standard InChI is InChI=1S/C22H14Br2O4S2/c23-19-5-1-3-7-21(19)29(25,26)17-11-9-16-14-18(12-10-15(16)13-17)30(27,28)22-8-4-2-6-20(22)24/h1-14H. The fraction of sp³-hybridized carbons (Fsp3) is 0. The summed E-state index contributed by atoms with van der Waals surface area (Å²) in [5.74, 6) is 0. The molecular formula is C22H14Br2O4S2. The lowest BCUT2D eigenvalue weighted by atomic mass is 10.1. The Morgan fingerprint density at radius 3 is 1.23 bits per heavy atom. The van der Waals surface area contributed by atoms with Crippen LogP contribution in [0.4, 0.5) is 0 Å². The van der Waals surface area contributed by atoms with Crippen LogP contribution in [0.2, 0.25) is 0 Å². The summed E-state index contributed by atoms with van der Waals surface area (Å²) in [4.78, 5) is 0.640. The predicted molar refractivity (Wildman–Crippen MR) is 123 cm³/mol. The molecule has 4 nitrogen and oxygen atoms in total. The maximum absolute atomic E-state index is 13.0. The Morgan fingerprint density at radius 1 is 0.500 bits per heavy atom. The summed E-state index contributed by atoms with van der Waals surface area (Å²) in [7, 11) is -7.44. The lowest BCUT2D eigenvalue weighted by molar-refractivity contribution is 0.594. The van der Waals surface area contributed by atoms with Gasteiger partial charge in [0.1, 0.15) is 0 Å². The lowest BCUT2D eigenvalue weighted by Gasteiger charge is -2.10. The van der Waals surface area contributed by atoms with Crippen LogP contribution in [0.15, 0.2) is 113 Å². The van der Waals surface area contributed by atoms with E-state index in [-0.39, 0.29) is 19.6 Å². The van der Waals surface area contributed by atoms with Gasteiger partial charge >= 0.3 is 0 Å². The van der Waals surface area contributed by atoms with Crippen LogP contribution in [0.3, 0.4) is 0 Å². The van der Waals surface area contributed by atoms with Crippen molar-refractivity contribution in [2.24, 2.45) is 0 Å². The smallest absolute Gasteiger partial charge is 0.207 e. The Morgan fingerprint density at radius 2 is 0.867 bits per heavy atom. The molecule has 30 heavy (non-hydrogen) atoms. The van der Waals surface area contributed by atoms with E-state index in [4.69, 9.17) is 0 Å². The summed E-state index contributed by atoms with van der Waals surface area (Å²) in [6.45, 7) is 0. The third kappa shape index (κ3) is 3.73. The van der Waals surface area contributed by atoms with Crippen molar-refractivity contribution >= 4 is 62.3 Å². The van der Waals surface area contributed by atoms with Gasteiger partial charge in [0.15, 0.2) is 0 Å². The van der Waals surface area contributed by atoms with E-state index < -0.39 is 19.7 Å². The Labute approximate surface area is 191 Å². The first-order valence-corrected chi connectivity index (χ1v) is 13.3. The molecular weight excluding hydrogens is 552 g/mol. The van der Waals surface area contributed by atoms with Gasteiger partial charge in [0.05, 0.1) is 19.6 Å². The molecule has 0 fully saturated rings. The topological polar surface area (TPSA) is 68.3 Å². The van der Waals surface area contributed by atoms with Crippen LogP contribution in [0.5, 0.6) is 0 Å². The summed E-state index contributed by atoms with van der Waals surface area (Å²) in [6, 6.07) is 22.6.